The van der Waals surface area contributed by atoms with Gasteiger partial charge in [0.15, 0.2) is 0 Å². The van der Waals surface area contributed by atoms with Gasteiger partial charge in [0.1, 0.15) is 33.9 Å². The summed E-state index contributed by atoms with van der Waals surface area (Å²) in [7, 11) is -2.14. The Bertz CT molecular complexity index is 1030. The zero-order valence-electron chi connectivity index (χ0n) is 15.6. The van der Waals surface area contributed by atoms with E-state index >= 15 is 0 Å². The van der Waals surface area contributed by atoms with E-state index in [2.05, 4.69) is 42.2 Å². The van der Waals surface area contributed by atoms with Crippen molar-refractivity contribution in [2.45, 2.75) is 0 Å². The third-order valence-electron chi connectivity index (χ3n) is 4.75. The molecule has 4 rings (SSSR count). The Labute approximate surface area is 169 Å². The Balaban J connectivity index is 1.94. The maximum atomic E-state index is 11.0. The summed E-state index contributed by atoms with van der Waals surface area (Å²) in [5.41, 5.74) is 0. The molecule has 0 radical (unpaired) electrons. The van der Waals surface area contributed by atoms with Crippen molar-refractivity contribution < 1.29 is 9.34 Å². The molecule has 29 heavy (non-hydrogen) atoms. The molecule has 1 aromatic heterocycles. The van der Waals surface area contributed by atoms with Crippen LogP contribution in [-0.2, 0) is 0 Å². The highest BCUT2D eigenvalue weighted by molar-refractivity contribution is 7.98. The molecule has 0 bridgehead atoms. The number of furan rings is 1. The van der Waals surface area contributed by atoms with Crippen LogP contribution in [0.1, 0.15) is 5.76 Å². The molecule has 0 aliphatic rings. The van der Waals surface area contributed by atoms with Crippen LogP contribution in [0.15, 0.2) is 113 Å². The highest BCUT2D eigenvalue weighted by Crippen LogP contribution is 2.57. The predicted octanol–water partition coefficient (Wildman–Crippen LogP) is 5.15. The number of benzene rings is 3. The normalized spacial score (nSPS) is 11.6. The Morgan fingerprint density at radius 2 is 1.14 bits per heavy atom. The molecule has 5 heteroatoms. The number of rotatable bonds is 6. The Morgan fingerprint density at radius 3 is 1.52 bits per heavy atom. The minimum Gasteiger partial charge on any atom is -0.401 e. The largest absolute Gasteiger partial charge is 0.433 e. The molecule has 0 amide bonds. The van der Waals surface area contributed by atoms with Gasteiger partial charge in [-0.2, -0.15) is 0 Å². The van der Waals surface area contributed by atoms with Crippen LogP contribution in [0.3, 0.4) is 0 Å². The minimum atomic E-state index is -2.14. The van der Waals surface area contributed by atoms with E-state index in [9.17, 15) is 10.1 Å². The summed E-state index contributed by atoms with van der Waals surface area (Å²) >= 11 is 0. The predicted molar refractivity (Wildman–Crippen MR) is 120 cm³/mol. The molecule has 4 aromatic rings. The van der Waals surface area contributed by atoms with Crippen LogP contribution in [0.2, 0.25) is 0 Å². The van der Waals surface area contributed by atoms with Gasteiger partial charge in [-0.3, -0.25) is 10.1 Å². The average Bonchev–Trinajstić information content (AvgIpc) is 3.26. The molecule has 0 saturated carbocycles. The van der Waals surface area contributed by atoms with Crippen LogP contribution in [-0.4, -0.2) is 4.92 Å². The summed E-state index contributed by atoms with van der Waals surface area (Å²) in [5, 5.41) is 14.6. The van der Waals surface area contributed by atoms with Crippen molar-refractivity contribution in [2.75, 3.05) is 0 Å². The van der Waals surface area contributed by atoms with Gasteiger partial charge in [0.25, 0.3) is 0 Å². The summed E-state index contributed by atoms with van der Waals surface area (Å²) in [6, 6.07) is 34.1. The summed E-state index contributed by atoms with van der Waals surface area (Å²) in [5.74, 6) is 2.37. The molecule has 0 unspecified atom stereocenters. The van der Waals surface area contributed by atoms with Crippen molar-refractivity contribution in [3.05, 3.63) is 125 Å². The maximum Gasteiger partial charge on any atom is 0.433 e. The van der Waals surface area contributed by atoms with Gasteiger partial charge < -0.3 is 4.42 Å². The van der Waals surface area contributed by atoms with E-state index in [0.717, 1.165) is 0 Å². The monoisotopic (exact) mass is 400 g/mol. The van der Waals surface area contributed by atoms with Gasteiger partial charge >= 0.3 is 5.88 Å². The second-order valence-electron chi connectivity index (χ2n) is 6.48. The van der Waals surface area contributed by atoms with Crippen LogP contribution in [0.5, 0.6) is 0 Å². The van der Waals surface area contributed by atoms with Crippen molar-refractivity contribution in [3.8, 4) is 0 Å². The summed E-state index contributed by atoms with van der Waals surface area (Å²) in [4.78, 5) is 10.5. The van der Waals surface area contributed by atoms with Gasteiger partial charge in [-0.15, -0.1) is 0 Å². The third kappa shape index (κ3) is 3.75. The lowest BCUT2D eigenvalue weighted by Crippen LogP contribution is -2.29. The molecule has 0 atom stereocenters. The lowest BCUT2D eigenvalue weighted by atomic mass is 10.4. The van der Waals surface area contributed by atoms with Crippen LogP contribution < -0.4 is 15.9 Å². The molecule has 1 heterocycles. The van der Waals surface area contributed by atoms with E-state index < -0.39 is 12.2 Å². The molecule has 0 fully saturated rings. The molecule has 3 aromatic carbocycles. The molecule has 4 nitrogen and oxygen atoms in total. The molecule has 0 aliphatic heterocycles. The first-order valence-electron chi connectivity index (χ1n) is 9.19. The molecule has 0 spiro atoms. The Hall–Kier alpha value is -3.49. The molecular formula is C24H19NO3P+. The van der Waals surface area contributed by atoms with Gasteiger partial charge in [0, 0.05) is 6.08 Å². The first kappa shape index (κ1) is 18.9. The first-order chi connectivity index (χ1) is 14.2. The first-order valence-corrected chi connectivity index (χ1v) is 11.0. The van der Waals surface area contributed by atoms with Crippen LogP contribution >= 0.6 is 7.26 Å². The summed E-state index contributed by atoms with van der Waals surface area (Å²) < 4.78 is 5.38. The fourth-order valence-electron chi connectivity index (χ4n) is 3.41. The Morgan fingerprint density at radius 1 is 0.690 bits per heavy atom. The van der Waals surface area contributed by atoms with E-state index in [-0.39, 0.29) is 5.88 Å². The van der Waals surface area contributed by atoms with Crippen molar-refractivity contribution in [2.24, 2.45) is 0 Å². The second kappa shape index (κ2) is 8.26. The summed E-state index contributed by atoms with van der Waals surface area (Å²) in [6.07, 6.45) is 1.85. The third-order valence-corrected chi connectivity index (χ3v) is 8.68. The quantitative estimate of drug-likeness (QED) is 0.255. The van der Waals surface area contributed by atoms with Crippen molar-refractivity contribution in [3.63, 3.8) is 0 Å². The van der Waals surface area contributed by atoms with Crippen molar-refractivity contribution >= 4 is 35.1 Å². The number of hydrogen-bond donors (Lipinski definition) is 0. The smallest absolute Gasteiger partial charge is 0.401 e. The average molecular weight is 400 g/mol. The van der Waals surface area contributed by atoms with Crippen LogP contribution in [0.4, 0.5) is 5.88 Å². The number of nitrogens with zero attached hydrogens (tertiary/aromatic N) is 1. The lowest BCUT2D eigenvalue weighted by Gasteiger charge is -2.23. The van der Waals surface area contributed by atoms with Gasteiger partial charge in [-0.25, -0.2) is 0 Å². The second-order valence-corrected chi connectivity index (χ2v) is 9.77. The topological polar surface area (TPSA) is 56.3 Å². The molecule has 0 aliphatic carbocycles. The van der Waals surface area contributed by atoms with Gasteiger partial charge in [0.05, 0.1) is 11.9 Å². The van der Waals surface area contributed by atoms with E-state index in [1.807, 2.05) is 60.7 Å². The van der Waals surface area contributed by atoms with Gasteiger partial charge in [-0.05, 0) is 42.5 Å². The van der Waals surface area contributed by atoms with E-state index in [1.54, 1.807) is 6.07 Å². The standard InChI is InChI=1S/C24H19NO3P/c26-25(27)24-17-16-20(28-24)18-19-29(21-10-4-1-5-11-21,22-12-6-2-7-13-22)23-14-8-3-9-15-23/h1-19H/q+1/b19-18-. The molecule has 0 N–H and O–H groups in total. The zero-order chi connectivity index (χ0) is 20.1. The highest BCUT2D eigenvalue weighted by atomic mass is 31.2. The molecule has 142 valence electrons. The van der Waals surface area contributed by atoms with Crippen LogP contribution in [0, 0.1) is 10.1 Å². The zero-order valence-corrected chi connectivity index (χ0v) is 16.5. The fraction of sp³-hybridized carbons (Fsp3) is 0. The van der Waals surface area contributed by atoms with Gasteiger partial charge in [0.2, 0.25) is 0 Å². The fourth-order valence-corrected chi connectivity index (χ4v) is 7.12. The molecule has 0 saturated heterocycles. The number of nitro groups is 1. The maximum absolute atomic E-state index is 11.0. The van der Waals surface area contributed by atoms with E-state index in [4.69, 9.17) is 4.42 Å². The lowest BCUT2D eigenvalue weighted by molar-refractivity contribution is -0.402. The number of hydrogen-bond acceptors (Lipinski definition) is 3. The summed E-state index contributed by atoms with van der Waals surface area (Å²) in [6.45, 7) is 0. The van der Waals surface area contributed by atoms with Crippen molar-refractivity contribution in [1.29, 1.82) is 0 Å². The van der Waals surface area contributed by atoms with Crippen molar-refractivity contribution in [1.82, 2.24) is 0 Å². The Kier molecular flexibility index (Phi) is 5.37. The van der Waals surface area contributed by atoms with E-state index in [1.165, 1.54) is 22.0 Å². The highest BCUT2D eigenvalue weighted by Gasteiger charge is 2.43. The van der Waals surface area contributed by atoms with Crippen LogP contribution in [0.25, 0.3) is 6.08 Å². The minimum absolute atomic E-state index is 0.257. The SMILES string of the molecule is O=[N+]([O-])c1ccc(/C=C\[P+](c2ccccc2)(c2ccccc2)c2ccccc2)o1. The van der Waals surface area contributed by atoms with Gasteiger partial charge in [-0.1, -0.05) is 54.6 Å². The van der Waals surface area contributed by atoms with E-state index in [0.29, 0.717) is 5.76 Å². The molecular weight excluding hydrogens is 381 g/mol.